The van der Waals surface area contributed by atoms with Crippen molar-refractivity contribution >= 4 is 0 Å². The molecule has 1 heterocycles. The molecule has 0 unspecified atom stereocenters. The van der Waals surface area contributed by atoms with Gasteiger partial charge in [-0.25, -0.2) is 0 Å². The first-order chi connectivity index (χ1) is 10.1. The third-order valence-electron chi connectivity index (χ3n) is 3.84. The quantitative estimate of drug-likeness (QED) is 0.930. The van der Waals surface area contributed by atoms with Crippen LogP contribution in [0.25, 0.3) is 0 Å². The minimum atomic E-state index is -0.307. The Kier molecular flexibility index (Phi) is 3.84. The predicted octanol–water partition coefficient (Wildman–Crippen LogP) is 3.69. The van der Waals surface area contributed by atoms with Gasteiger partial charge in [0.05, 0.1) is 13.2 Å². The van der Waals surface area contributed by atoms with Gasteiger partial charge in [-0.15, -0.1) is 0 Å². The van der Waals surface area contributed by atoms with Gasteiger partial charge in [-0.1, -0.05) is 30.3 Å². The van der Waals surface area contributed by atoms with Crippen LogP contribution in [-0.4, -0.2) is 17.3 Å². The number of rotatable bonds is 4. The standard InChI is InChI=1S/C18H20O3/c1-18(13-20-12-14-5-3-2-4-6-14)10-9-15-11-16(19)7-8-17(15)21-18/h2-8,11,19H,9-10,12-13H2,1H3/t18-/m1/s1. The molecule has 0 saturated heterocycles. The van der Waals surface area contributed by atoms with E-state index < -0.39 is 0 Å². The van der Waals surface area contributed by atoms with Crippen LogP contribution in [0.4, 0.5) is 0 Å². The van der Waals surface area contributed by atoms with Crippen LogP contribution in [0, 0.1) is 0 Å². The topological polar surface area (TPSA) is 38.7 Å². The Morgan fingerprint density at radius 3 is 2.81 bits per heavy atom. The number of hydrogen-bond acceptors (Lipinski definition) is 3. The molecule has 1 N–H and O–H groups in total. The summed E-state index contributed by atoms with van der Waals surface area (Å²) in [7, 11) is 0. The second kappa shape index (κ2) is 5.78. The van der Waals surface area contributed by atoms with Crippen LogP contribution >= 0.6 is 0 Å². The van der Waals surface area contributed by atoms with Gasteiger partial charge in [-0.3, -0.25) is 0 Å². The summed E-state index contributed by atoms with van der Waals surface area (Å²) in [6.45, 7) is 3.23. The van der Waals surface area contributed by atoms with E-state index >= 15 is 0 Å². The molecule has 2 aromatic carbocycles. The van der Waals surface area contributed by atoms with Crippen LogP contribution < -0.4 is 4.74 Å². The van der Waals surface area contributed by atoms with Crippen molar-refractivity contribution in [3.8, 4) is 11.5 Å². The molecule has 0 aromatic heterocycles. The van der Waals surface area contributed by atoms with E-state index in [-0.39, 0.29) is 5.60 Å². The summed E-state index contributed by atoms with van der Waals surface area (Å²) in [6, 6.07) is 15.4. The molecule has 0 radical (unpaired) electrons. The van der Waals surface area contributed by atoms with Crippen molar-refractivity contribution in [3.63, 3.8) is 0 Å². The first kappa shape index (κ1) is 14.0. The molecule has 3 nitrogen and oxygen atoms in total. The Morgan fingerprint density at radius 1 is 1.19 bits per heavy atom. The fourth-order valence-corrected chi connectivity index (χ4v) is 2.64. The Labute approximate surface area is 125 Å². The molecule has 0 fully saturated rings. The average Bonchev–Trinajstić information content (AvgIpc) is 2.49. The van der Waals surface area contributed by atoms with Crippen molar-refractivity contribution in [1.29, 1.82) is 0 Å². The van der Waals surface area contributed by atoms with Gasteiger partial charge in [-0.2, -0.15) is 0 Å². The fraction of sp³-hybridized carbons (Fsp3) is 0.333. The van der Waals surface area contributed by atoms with E-state index in [1.54, 1.807) is 12.1 Å². The molecule has 0 spiro atoms. The number of fused-ring (bicyclic) bond motifs is 1. The number of aryl methyl sites for hydroxylation is 1. The van der Waals surface area contributed by atoms with E-state index in [9.17, 15) is 5.11 Å². The highest BCUT2D eigenvalue weighted by atomic mass is 16.5. The van der Waals surface area contributed by atoms with E-state index in [0.29, 0.717) is 19.0 Å². The van der Waals surface area contributed by atoms with Gasteiger partial charge in [0.15, 0.2) is 0 Å². The first-order valence-electron chi connectivity index (χ1n) is 7.27. The normalized spacial score (nSPS) is 20.6. The summed E-state index contributed by atoms with van der Waals surface area (Å²) in [5, 5.41) is 9.51. The molecule has 0 bridgehead atoms. The van der Waals surface area contributed by atoms with Crippen LogP contribution in [-0.2, 0) is 17.8 Å². The van der Waals surface area contributed by atoms with Gasteiger partial charge in [-0.05, 0) is 49.1 Å². The van der Waals surface area contributed by atoms with Gasteiger partial charge in [0.1, 0.15) is 17.1 Å². The predicted molar refractivity (Wildman–Crippen MR) is 81.6 cm³/mol. The highest BCUT2D eigenvalue weighted by Gasteiger charge is 2.32. The van der Waals surface area contributed by atoms with Crippen molar-refractivity contribution in [2.24, 2.45) is 0 Å². The number of phenols is 1. The molecule has 21 heavy (non-hydrogen) atoms. The zero-order chi connectivity index (χ0) is 14.7. The lowest BCUT2D eigenvalue weighted by molar-refractivity contribution is -0.0335. The summed E-state index contributed by atoms with van der Waals surface area (Å²) in [4.78, 5) is 0. The van der Waals surface area contributed by atoms with Gasteiger partial charge in [0.2, 0.25) is 0 Å². The number of benzene rings is 2. The smallest absolute Gasteiger partial charge is 0.130 e. The lowest BCUT2D eigenvalue weighted by atomic mass is 9.93. The second-order valence-electron chi connectivity index (χ2n) is 5.82. The summed E-state index contributed by atoms with van der Waals surface area (Å²) >= 11 is 0. The maximum atomic E-state index is 9.51. The fourth-order valence-electron chi connectivity index (χ4n) is 2.64. The van der Waals surface area contributed by atoms with E-state index in [0.717, 1.165) is 24.2 Å². The molecule has 1 aliphatic rings. The lowest BCUT2D eigenvalue weighted by Gasteiger charge is -2.35. The monoisotopic (exact) mass is 284 g/mol. The molecule has 2 aromatic rings. The average molecular weight is 284 g/mol. The molecule has 110 valence electrons. The Hall–Kier alpha value is -2.00. The summed E-state index contributed by atoms with van der Waals surface area (Å²) in [5.74, 6) is 1.14. The third kappa shape index (κ3) is 3.37. The number of phenolic OH excluding ortho intramolecular Hbond substituents is 1. The molecule has 0 aliphatic carbocycles. The van der Waals surface area contributed by atoms with Crippen LogP contribution in [0.1, 0.15) is 24.5 Å². The lowest BCUT2D eigenvalue weighted by Crippen LogP contribution is -2.40. The zero-order valence-electron chi connectivity index (χ0n) is 12.2. The Morgan fingerprint density at radius 2 is 2.00 bits per heavy atom. The molecule has 3 heteroatoms. The Balaban J connectivity index is 1.60. The third-order valence-corrected chi connectivity index (χ3v) is 3.84. The van der Waals surface area contributed by atoms with Gasteiger partial charge >= 0.3 is 0 Å². The summed E-state index contributed by atoms with van der Waals surface area (Å²) in [5.41, 5.74) is 1.93. The summed E-state index contributed by atoms with van der Waals surface area (Å²) < 4.78 is 11.9. The highest BCUT2D eigenvalue weighted by molar-refractivity contribution is 5.41. The van der Waals surface area contributed by atoms with E-state index in [1.807, 2.05) is 24.3 Å². The van der Waals surface area contributed by atoms with Gasteiger partial charge in [0.25, 0.3) is 0 Å². The van der Waals surface area contributed by atoms with Gasteiger partial charge < -0.3 is 14.6 Å². The molecule has 1 atom stereocenters. The highest BCUT2D eigenvalue weighted by Crippen LogP contribution is 2.35. The first-order valence-corrected chi connectivity index (χ1v) is 7.27. The van der Waals surface area contributed by atoms with Crippen molar-refractivity contribution in [1.82, 2.24) is 0 Å². The molecule has 0 amide bonds. The van der Waals surface area contributed by atoms with Crippen molar-refractivity contribution in [3.05, 3.63) is 59.7 Å². The SMILES string of the molecule is C[C@]1(COCc2ccccc2)CCc2cc(O)ccc2O1. The van der Waals surface area contributed by atoms with Crippen LogP contribution in [0.15, 0.2) is 48.5 Å². The summed E-state index contributed by atoms with van der Waals surface area (Å²) in [6.07, 6.45) is 1.78. The zero-order valence-corrected chi connectivity index (χ0v) is 12.2. The van der Waals surface area contributed by atoms with Crippen LogP contribution in [0.3, 0.4) is 0 Å². The van der Waals surface area contributed by atoms with E-state index in [4.69, 9.17) is 9.47 Å². The Bertz CT molecular complexity index is 609. The molecule has 1 aliphatic heterocycles. The largest absolute Gasteiger partial charge is 0.508 e. The minimum Gasteiger partial charge on any atom is -0.508 e. The maximum Gasteiger partial charge on any atom is 0.130 e. The molecule has 0 saturated carbocycles. The van der Waals surface area contributed by atoms with E-state index in [1.165, 1.54) is 5.56 Å². The van der Waals surface area contributed by atoms with E-state index in [2.05, 4.69) is 19.1 Å². The minimum absolute atomic E-state index is 0.293. The number of aromatic hydroxyl groups is 1. The molecule has 3 rings (SSSR count). The van der Waals surface area contributed by atoms with Crippen LogP contribution in [0.5, 0.6) is 11.5 Å². The maximum absolute atomic E-state index is 9.51. The van der Waals surface area contributed by atoms with Crippen molar-refractivity contribution in [2.45, 2.75) is 32.0 Å². The molecular weight excluding hydrogens is 264 g/mol. The van der Waals surface area contributed by atoms with Crippen molar-refractivity contribution in [2.75, 3.05) is 6.61 Å². The van der Waals surface area contributed by atoms with Crippen LogP contribution in [0.2, 0.25) is 0 Å². The number of ether oxygens (including phenoxy) is 2. The molecular formula is C18H20O3. The van der Waals surface area contributed by atoms with Gasteiger partial charge in [0, 0.05) is 0 Å². The second-order valence-corrected chi connectivity index (χ2v) is 5.82. The number of hydrogen-bond donors (Lipinski definition) is 1. The van der Waals surface area contributed by atoms with Crippen molar-refractivity contribution < 1.29 is 14.6 Å².